The number of rotatable bonds is 14. The van der Waals surface area contributed by atoms with E-state index in [-0.39, 0.29) is 12.6 Å². The van der Waals surface area contributed by atoms with Crippen LogP contribution in [0.3, 0.4) is 0 Å². The molecule has 0 saturated heterocycles. The first-order chi connectivity index (χ1) is 13.1. The summed E-state index contributed by atoms with van der Waals surface area (Å²) in [5.41, 5.74) is -0.445. The second-order valence-electron chi connectivity index (χ2n) is 7.77. The van der Waals surface area contributed by atoms with E-state index in [2.05, 4.69) is 6.92 Å². The Morgan fingerprint density at radius 2 is 1.62 bits per heavy atom. The average molecular weight is 434 g/mol. The zero-order chi connectivity index (χ0) is 21.3. The van der Waals surface area contributed by atoms with Crippen LogP contribution in [0.4, 0.5) is 0 Å². The summed E-state index contributed by atoms with van der Waals surface area (Å²) in [4.78, 5) is 0. The van der Waals surface area contributed by atoms with Gasteiger partial charge in [0.05, 0.1) is 0 Å². The summed E-state index contributed by atoms with van der Waals surface area (Å²) in [5.74, 6) is -1.22. The van der Waals surface area contributed by atoms with Crippen molar-refractivity contribution in [2.75, 3.05) is 6.61 Å². The van der Waals surface area contributed by atoms with Gasteiger partial charge in [-0.25, -0.2) is 0 Å². The number of benzene rings is 1. The minimum atomic E-state index is -4.78. The standard InChI is InChI=1S/C21H36O6S.H3N/c1-6-9-13-17-20(4,5)19(25-8-3)21(16-7-2,27-28(22,23)24)26-18-14-11-10-12-15-18;/h10-12,14-15,19H,6-9,13,16-17H2,1-5H3,(H,22,23,24);1H3. The van der Waals surface area contributed by atoms with Gasteiger partial charge >= 0.3 is 10.4 Å². The summed E-state index contributed by atoms with van der Waals surface area (Å²) >= 11 is 0. The smallest absolute Gasteiger partial charge is 0.400 e. The van der Waals surface area contributed by atoms with Gasteiger partial charge in [0.15, 0.2) is 0 Å². The van der Waals surface area contributed by atoms with Crippen molar-refractivity contribution in [2.24, 2.45) is 5.41 Å². The molecule has 29 heavy (non-hydrogen) atoms. The van der Waals surface area contributed by atoms with E-state index in [1.54, 1.807) is 24.3 Å². The molecule has 0 amide bonds. The highest BCUT2D eigenvalue weighted by atomic mass is 32.3. The summed E-state index contributed by atoms with van der Waals surface area (Å²) < 4.78 is 50.6. The molecule has 1 rings (SSSR count). The topological polar surface area (TPSA) is 117 Å². The van der Waals surface area contributed by atoms with Crippen molar-refractivity contribution in [3.8, 4) is 5.75 Å². The third-order valence-corrected chi connectivity index (χ3v) is 5.24. The maximum Gasteiger partial charge on any atom is 0.400 e. The zero-order valence-electron chi connectivity index (χ0n) is 18.5. The Morgan fingerprint density at radius 3 is 2.10 bits per heavy atom. The van der Waals surface area contributed by atoms with E-state index < -0.39 is 27.7 Å². The molecular formula is C21H39NO6S. The van der Waals surface area contributed by atoms with E-state index in [1.165, 1.54) is 0 Å². The number of hydrogen-bond acceptors (Lipinski definition) is 6. The lowest BCUT2D eigenvalue weighted by Crippen LogP contribution is -2.58. The molecule has 0 bridgehead atoms. The van der Waals surface area contributed by atoms with E-state index in [9.17, 15) is 13.0 Å². The number of hydrogen-bond donors (Lipinski definition) is 2. The third kappa shape index (κ3) is 9.00. The van der Waals surface area contributed by atoms with Crippen molar-refractivity contribution in [1.29, 1.82) is 0 Å². The fourth-order valence-corrected chi connectivity index (χ4v) is 4.19. The van der Waals surface area contributed by atoms with Crippen LogP contribution in [0.1, 0.15) is 73.1 Å². The first-order valence-corrected chi connectivity index (χ1v) is 11.5. The van der Waals surface area contributed by atoms with Crippen molar-refractivity contribution in [3.05, 3.63) is 30.3 Å². The van der Waals surface area contributed by atoms with Crippen LogP contribution in [0.15, 0.2) is 30.3 Å². The van der Waals surface area contributed by atoms with Gasteiger partial charge in [0.25, 0.3) is 5.79 Å². The summed E-state index contributed by atoms with van der Waals surface area (Å²) in [6.07, 6.45) is 4.06. The molecule has 0 spiro atoms. The van der Waals surface area contributed by atoms with Crippen molar-refractivity contribution in [2.45, 2.75) is 85.0 Å². The van der Waals surface area contributed by atoms with Gasteiger partial charge in [0.2, 0.25) is 0 Å². The lowest BCUT2D eigenvalue weighted by Gasteiger charge is -2.45. The Balaban J connectivity index is 0.00000784. The van der Waals surface area contributed by atoms with Gasteiger partial charge in [-0.2, -0.15) is 12.6 Å². The molecule has 2 atom stereocenters. The zero-order valence-corrected chi connectivity index (χ0v) is 19.3. The second kappa shape index (κ2) is 12.5. The van der Waals surface area contributed by atoms with Crippen LogP contribution in [0.5, 0.6) is 5.75 Å². The van der Waals surface area contributed by atoms with Crippen LogP contribution in [-0.2, 0) is 19.3 Å². The van der Waals surface area contributed by atoms with E-state index in [1.807, 2.05) is 33.8 Å². The van der Waals surface area contributed by atoms with E-state index in [4.69, 9.17) is 13.7 Å². The van der Waals surface area contributed by atoms with Gasteiger partial charge < -0.3 is 15.6 Å². The lowest BCUT2D eigenvalue weighted by molar-refractivity contribution is -0.238. The summed E-state index contributed by atoms with van der Waals surface area (Å²) in [6, 6.07) is 8.88. The van der Waals surface area contributed by atoms with Crippen LogP contribution in [0.25, 0.3) is 0 Å². The largest absolute Gasteiger partial charge is 0.458 e. The maximum atomic E-state index is 11.8. The highest BCUT2D eigenvalue weighted by Crippen LogP contribution is 2.42. The van der Waals surface area contributed by atoms with Crippen LogP contribution in [-0.4, -0.2) is 31.5 Å². The molecule has 170 valence electrons. The highest BCUT2D eigenvalue weighted by molar-refractivity contribution is 7.80. The molecule has 0 heterocycles. The van der Waals surface area contributed by atoms with Crippen LogP contribution >= 0.6 is 0 Å². The van der Waals surface area contributed by atoms with Crippen LogP contribution < -0.4 is 10.9 Å². The quantitative estimate of drug-likeness (QED) is 0.224. The van der Waals surface area contributed by atoms with Crippen molar-refractivity contribution in [3.63, 3.8) is 0 Å². The van der Waals surface area contributed by atoms with Gasteiger partial charge in [-0.1, -0.05) is 65.2 Å². The van der Waals surface area contributed by atoms with Gasteiger partial charge in [-0.15, -0.1) is 0 Å². The molecule has 4 N–H and O–H groups in total. The Morgan fingerprint density at radius 1 is 1.00 bits per heavy atom. The molecule has 7 nitrogen and oxygen atoms in total. The third-order valence-electron chi connectivity index (χ3n) is 4.75. The van der Waals surface area contributed by atoms with Crippen molar-refractivity contribution < 1.29 is 26.6 Å². The SMILES string of the molecule is CCCCCC(C)(C)C(OCC)C(CCC)(Oc1ccccc1)OS(=O)(=O)O.N. The van der Waals surface area contributed by atoms with E-state index >= 15 is 0 Å². The summed E-state index contributed by atoms with van der Waals surface area (Å²) in [5, 5.41) is 0. The van der Waals surface area contributed by atoms with Crippen molar-refractivity contribution >= 4 is 10.4 Å². The predicted molar refractivity (Wildman–Crippen MR) is 116 cm³/mol. The molecule has 1 aromatic rings. The number of unbranched alkanes of at least 4 members (excludes halogenated alkanes) is 2. The fourth-order valence-electron chi connectivity index (χ4n) is 3.63. The van der Waals surface area contributed by atoms with Crippen molar-refractivity contribution in [1.82, 2.24) is 6.15 Å². The Labute approximate surface area is 176 Å². The van der Waals surface area contributed by atoms with Crippen LogP contribution in [0.2, 0.25) is 0 Å². The van der Waals surface area contributed by atoms with Crippen LogP contribution in [0, 0.1) is 5.41 Å². The molecule has 1 aromatic carbocycles. The highest BCUT2D eigenvalue weighted by Gasteiger charge is 2.53. The normalized spacial score (nSPS) is 15.2. The fraction of sp³-hybridized carbons (Fsp3) is 0.714. The molecule has 0 aliphatic rings. The molecule has 0 radical (unpaired) electrons. The average Bonchev–Trinajstić information content (AvgIpc) is 2.59. The molecule has 0 aliphatic carbocycles. The number of para-hydroxylation sites is 1. The first kappa shape index (κ1) is 27.8. The van der Waals surface area contributed by atoms with Gasteiger partial charge in [0.1, 0.15) is 11.9 Å². The monoisotopic (exact) mass is 433 g/mol. The molecule has 0 aliphatic heterocycles. The van der Waals surface area contributed by atoms with Gasteiger partial charge in [-0.3, -0.25) is 4.55 Å². The second-order valence-corrected chi connectivity index (χ2v) is 8.79. The summed E-state index contributed by atoms with van der Waals surface area (Å²) in [6.45, 7) is 10.3. The minimum Gasteiger partial charge on any atom is -0.458 e. The first-order valence-electron chi connectivity index (χ1n) is 10.1. The Kier molecular flexibility index (Phi) is 12.0. The van der Waals surface area contributed by atoms with Gasteiger partial charge in [0, 0.05) is 13.0 Å². The number of ether oxygens (including phenoxy) is 2. The van der Waals surface area contributed by atoms with E-state index in [0.717, 1.165) is 25.7 Å². The molecule has 8 heteroatoms. The predicted octanol–water partition coefficient (Wildman–Crippen LogP) is 5.55. The molecular weight excluding hydrogens is 394 g/mol. The molecule has 0 fully saturated rings. The van der Waals surface area contributed by atoms with Gasteiger partial charge in [-0.05, 0) is 37.3 Å². The maximum absolute atomic E-state index is 11.8. The summed E-state index contributed by atoms with van der Waals surface area (Å²) in [7, 11) is -4.78. The Hall–Kier alpha value is -1.19. The van der Waals surface area contributed by atoms with E-state index in [0.29, 0.717) is 18.8 Å². The molecule has 0 aromatic heterocycles. The molecule has 2 unspecified atom stereocenters. The molecule has 0 saturated carbocycles. The minimum absolute atomic E-state index is 0. The Bertz CT molecular complexity index is 665. The lowest BCUT2D eigenvalue weighted by atomic mass is 9.76.